The minimum absolute atomic E-state index is 0. The van der Waals surface area contributed by atoms with Gasteiger partial charge in [-0.3, -0.25) is 0 Å². The summed E-state index contributed by atoms with van der Waals surface area (Å²) < 4.78 is 14.6. The molecule has 0 atom stereocenters. The van der Waals surface area contributed by atoms with E-state index in [1.807, 2.05) is 59.6 Å². The number of benzene rings is 2. The number of carbonyl (C=O) groups is 1. The molecule has 2 aromatic heterocycles. The Morgan fingerprint density at radius 1 is 1.09 bits per heavy atom. The highest BCUT2D eigenvalue weighted by atomic mass is 127. The fourth-order valence-electron chi connectivity index (χ4n) is 3.53. The molecule has 33 heavy (non-hydrogen) atoms. The number of esters is 1. The van der Waals surface area contributed by atoms with Crippen molar-refractivity contribution in [3.05, 3.63) is 59.1 Å². The average Bonchev–Trinajstić information content (AvgIpc) is 3.03. The van der Waals surface area contributed by atoms with Crippen molar-refractivity contribution in [2.45, 2.75) is 6.61 Å². The number of hydrogen-bond acceptors (Lipinski definition) is 7. The smallest absolute Gasteiger partial charge is 0.361 e. The van der Waals surface area contributed by atoms with Crippen molar-refractivity contribution < 1.29 is 42.8 Å². The molecule has 4 rings (SSSR count). The number of rotatable bonds is 5. The Balaban J connectivity index is 0.00000306. The van der Waals surface area contributed by atoms with Gasteiger partial charge in [-0.2, -0.15) is 0 Å². The van der Waals surface area contributed by atoms with Gasteiger partial charge >= 0.3 is 5.97 Å². The molecule has 2 aromatic carbocycles. The van der Waals surface area contributed by atoms with Crippen LogP contribution >= 0.6 is 11.6 Å². The summed E-state index contributed by atoms with van der Waals surface area (Å²) >= 11 is 5.86. The summed E-state index contributed by atoms with van der Waals surface area (Å²) in [5.41, 5.74) is 15.2. The van der Waals surface area contributed by atoms with E-state index in [0.717, 1.165) is 33.7 Å². The van der Waals surface area contributed by atoms with E-state index in [4.69, 9.17) is 32.5 Å². The minimum Gasteiger partial charge on any atom is -1.00 e. The standard InChI is InChI=1S/C22H21ClN6O3.HI/c1-28-15-9-6-13(12-4-7-14(31-3)8-5-12)10-16(15)29(2)17(28)11-32-22(30)18-20(24)27-21(25)19(23)26-18;/h4-10H,11H2,1-3H3,(H3-,24,25,27,30);1H. The average molecular weight is 581 g/mol. The van der Waals surface area contributed by atoms with E-state index in [2.05, 4.69) is 16.0 Å². The van der Waals surface area contributed by atoms with Crippen molar-refractivity contribution in [1.29, 1.82) is 0 Å². The fourth-order valence-corrected chi connectivity index (χ4v) is 3.65. The number of anilines is 2. The summed E-state index contributed by atoms with van der Waals surface area (Å²) in [7, 11) is 5.46. The van der Waals surface area contributed by atoms with Gasteiger partial charge in [0.1, 0.15) is 5.75 Å². The largest absolute Gasteiger partial charge is 1.00 e. The van der Waals surface area contributed by atoms with Gasteiger partial charge in [-0.15, -0.1) is 0 Å². The Bertz CT molecular complexity index is 1340. The van der Waals surface area contributed by atoms with E-state index in [0.29, 0.717) is 0 Å². The van der Waals surface area contributed by atoms with Crippen LogP contribution in [0.5, 0.6) is 5.75 Å². The first-order valence-corrected chi connectivity index (χ1v) is 10.0. The maximum absolute atomic E-state index is 12.5. The number of nitrogens with two attached hydrogens (primary N) is 2. The summed E-state index contributed by atoms with van der Waals surface area (Å²) in [5, 5.41) is -0.104. The normalized spacial score (nSPS) is 10.7. The molecule has 9 nitrogen and oxygen atoms in total. The summed E-state index contributed by atoms with van der Waals surface area (Å²) in [6, 6.07) is 14.0. The summed E-state index contributed by atoms with van der Waals surface area (Å²) in [4.78, 5) is 20.2. The zero-order chi connectivity index (χ0) is 23.0. The molecule has 0 spiro atoms. The zero-order valence-electron chi connectivity index (χ0n) is 18.2. The summed E-state index contributed by atoms with van der Waals surface area (Å²) in [6.07, 6.45) is 0. The van der Waals surface area contributed by atoms with Gasteiger partial charge in [0, 0.05) is 0 Å². The molecule has 0 bridgehead atoms. The van der Waals surface area contributed by atoms with E-state index in [1.54, 1.807) is 7.11 Å². The lowest BCUT2D eigenvalue weighted by Gasteiger charge is -2.06. The van der Waals surface area contributed by atoms with Crippen molar-refractivity contribution in [2.24, 2.45) is 14.1 Å². The van der Waals surface area contributed by atoms with E-state index in [9.17, 15) is 4.79 Å². The van der Waals surface area contributed by atoms with Crippen LogP contribution in [0.15, 0.2) is 42.5 Å². The fraction of sp³-hybridized carbons (Fsp3) is 0.182. The van der Waals surface area contributed by atoms with Gasteiger partial charge in [0.15, 0.2) is 40.1 Å². The third kappa shape index (κ3) is 4.67. The van der Waals surface area contributed by atoms with Crippen molar-refractivity contribution in [3.8, 4) is 16.9 Å². The molecule has 0 aliphatic heterocycles. The van der Waals surface area contributed by atoms with Gasteiger partial charge in [0.25, 0.3) is 5.82 Å². The molecule has 0 unspecified atom stereocenters. The van der Waals surface area contributed by atoms with Gasteiger partial charge < -0.3 is 44.9 Å². The molecule has 0 saturated carbocycles. The molecule has 0 amide bonds. The first kappa shape index (κ1) is 24.5. The number of halogens is 2. The van der Waals surface area contributed by atoms with Gasteiger partial charge in [-0.1, -0.05) is 23.7 Å². The van der Waals surface area contributed by atoms with Crippen molar-refractivity contribution in [1.82, 2.24) is 14.5 Å². The highest BCUT2D eigenvalue weighted by Crippen LogP contribution is 2.26. The number of ether oxygens (including phenoxy) is 2. The molecule has 0 aliphatic carbocycles. The maximum atomic E-state index is 12.5. The van der Waals surface area contributed by atoms with Gasteiger partial charge in [-0.05, 0) is 41.5 Å². The van der Waals surface area contributed by atoms with Crippen LogP contribution in [-0.4, -0.2) is 27.6 Å². The van der Waals surface area contributed by atoms with Crippen LogP contribution in [0.1, 0.15) is 16.3 Å². The van der Waals surface area contributed by atoms with Gasteiger partial charge in [0.05, 0.1) is 21.2 Å². The lowest BCUT2D eigenvalue weighted by atomic mass is 10.0. The van der Waals surface area contributed by atoms with Crippen LogP contribution in [0.4, 0.5) is 11.6 Å². The van der Waals surface area contributed by atoms with E-state index in [-0.39, 0.29) is 53.1 Å². The Hall–Kier alpha value is -3.12. The van der Waals surface area contributed by atoms with E-state index in [1.165, 1.54) is 0 Å². The maximum Gasteiger partial charge on any atom is 0.361 e. The van der Waals surface area contributed by atoms with Crippen molar-refractivity contribution >= 4 is 40.2 Å². The number of nitrogen functional groups attached to an aromatic ring is 2. The molecule has 2 heterocycles. The monoisotopic (exact) mass is 580 g/mol. The third-order valence-electron chi connectivity index (χ3n) is 5.33. The second-order valence-corrected chi connectivity index (χ2v) is 7.53. The lowest BCUT2D eigenvalue weighted by Crippen LogP contribution is -3.00. The van der Waals surface area contributed by atoms with E-state index >= 15 is 0 Å². The molecule has 4 N–H and O–H groups in total. The quantitative estimate of drug-likeness (QED) is 0.188. The third-order valence-corrected chi connectivity index (χ3v) is 5.60. The van der Waals surface area contributed by atoms with Crippen LogP contribution in [-0.2, 0) is 25.4 Å². The molecule has 172 valence electrons. The molecule has 0 saturated heterocycles. The number of carbonyl (C=O) groups excluding carboxylic acids is 1. The second-order valence-electron chi connectivity index (χ2n) is 7.18. The number of imidazole rings is 1. The second kappa shape index (κ2) is 9.79. The van der Waals surface area contributed by atoms with E-state index < -0.39 is 5.97 Å². The first-order chi connectivity index (χ1) is 15.3. The topological polar surface area (TPSA) is 122 Å². The van der Waals surface area contributed by atoms with Crippen LogP contribution in [0.2, 0.25) is 5.15 Å². The number of methoxy groups -OCH3 is 1. The Morgan fingerprint density at radius 2 is 1.76 bits per heavy atom. The summed E-state index contributed by atoms with van der Waals surface area (Å²) in [6.45, 7) is 0.00149. The highest BCUT2D eigenvalue weighted by Gasteiger charge is 2.24. The van der Waals surface area contributed by atoms with Crippen LogP contribution in [0.3, 0.4) is 0 Å². The van der Waals surface area contributed by atoms with Crippen LogP contribution < -0.4 is 44.7 Å². The molecular formula is C22H22ClIN6O3. The molecule has 0 aliphatic rings. The minimum atomic E-state index is -0.735. The SMILES string of the molecule is COc1ccc(-c2ccc3c(c2)n(C)c(COC(=O)c2nc(Cl)c(N)nc2N)[n+]3C)cc1.[I-]. The number of nitrogens with zero attached hydrogens (tertiary/aromatic N) is 4. The Labute approximate surface area is 212 Å². The first-order valence-electron chi connectivity index (χ1n) is 9.67. The predicted octanol–water partition coefficient (Wildman–Crippen LogP) is -0.353. The Kier molecular flexibility index (Phi) is 7.28. The van der Waals surface area contributed by atoms with Gasteiger partial charge in [0.2, 0.25) is 0 Å². The highest BCUT2D eigenvalue weighted by molar-refractivity contribution is 6.31. The van der Waals surface area contributed by atoms with Crippen LogP contribution in [0, 0.1) is 0 Å². The molecule has 11 heteroatoms. The number of fused-ring (bicyclic) bond motifs is 1. The van der Waals surface area contributed by atoms with Crippen molar-refractivity contribution in [3.63, 3.8) is 0 Å². The summed E-state index contributed by atoms with van der Waals surface area (Å²) in [5.74, 6) is 0.655. The number of aromatic nitrogens is 4. The van der Waals surface area contributed by atoms with Gasteiger partial charge in [-0.25, -0.2) is 23.9 Å². The van der Waals surface area contributed by atoms with Crippen LogP contribution in [0.25, 0.3) is 22.2 Å². The molecule has 4 aromatic rings. The number of hydrogen-bond donors (Lipinski definition) is 2. The van der Waals surface area contributed by atoms with Crippen molar-refractivity contribution in [2.75, 3.05) is 18.6 Å². The molecule has 0 radical (unpaired) electrons. The lowest BCUT2D eigenvalue weighted by molar-refractivity contribution is -0.655. The Morgan fingerprint density at radius 3 is 2.42 bits per heavy atom. The zero-order valence-corrected chi connectivity index (χ0v) is 21.1. The number of aryl methyl sites for hydroxylation is 2. The molecule has 0 fully saturated rings. The molecular weight excluding hydrogens is 559 g/mol. The predicted molar refractivity (Wildman–Crippen MR) is 121 cm³/mol.